The van der Waals surface area contributed by atoms with E-state index in [4.69, 9.17) is 13.9 Å². The number of carbonyl (C=O) groups excluding carboxylic acids is 2. The van der Waals surface area contributed by atoms with Gasteiger partial charge in [0.15, 0.2) is 8.32 Å². The SMILES string of the molecule is CCCCCC/C=C/[C@@H]1[C@@H](C/C=C\CCC(O[Si](C)(C)C)C(=O)OC)[C@H](OC(C)=O)C[C@@H]1O. The van der Waals surface area contributed by atoms with E-state index in [0.717, 1.165) is 12.8 Å². The van der Waals surface area contributed by atoms with Gasteiger partial charge in [0.25, 0.3) is 0 Å². The first-order valence-electron chi connectivity index (χ1n) is 12.5. The summed E-state index contributed by atoms with van der Waals surface area (Å²) in [6.07, 6.45) is 15.4. The number of carbonyl (C=O) groups is 2. The molecule has 1 N–H and O–H groups in total. The minimum absolute atomic E-state index is 0.0248. The predicted octanol–water partition coefficient (Wildman–Crippen LogP) is 5.56. The minimum Gasteiger partial charge on any atom is -0.467 e. The lowest BCUT2D eigenvalue weighted by atomic mass is 9.89. The van der Waals surface area contributed by atoms with Crippen LogP contribution in [-0.2, 0) is 23.5 Å². The molecule has 0 bridgehead atoms. The molecule has 1 saturated carbocycles. The second kappa shape index (κ2) is 15.5. The number of aliphatic hydroxyl groups is 1. The molecule has 6 nitrogen and oxygen atoms in total. The van der Waals surface area contributed by atoms with Crippen LogP contribution >= 0.6 is 0 Å². The third-order valence-electron chi connectivity index (χ3n) is 5.92. The largest absolute Gasteiger partial charge is 0.467 e. The molecular weight excluding hydrogens is 436 g/mol. The number of ether oxygens (including phenoxy) is 2. The molecule has 0 saturated heterocycles. The highest BCUT2D eigenvalue weighted by molar-refractivity contribution is 6.69. The smallest absolute Gasteiger partial charge is 0.333 e. The van der Waals surface area contributed by atoms with Crippen molar-refractivity contribution in [3.63, 3.8) is 0 Å². The van der Waals surface area contributed by atoms with Crippen LogP contribution in [0.25, 0.3) is 0 Å². The van der Waals surface area contributed by atoms with Gasteiger partial charge >= 0.3 is 11.9 Å². The number of methoxy groups -OCH3 is 1. The lowest BCUT2D eigenvalue weighted by Crippen LogP contribution is -2.37. The van der Waals surface area contributed by atoms with Gasteiger partial charge in [-0.1, -0.05) is 50.5 Å². The molecule has 0 spiro atoms. The molecule has 7 heteroatoms. The van der Waals surface area contributed by atoms with Crippen LogP contribution < -0.4 is 0 Å². The molecular formula is C26H46O6Si. The van der Waals surface area contributed by atoms with Gasteiger partial charge in [0, 0.05) is 25.2 Å². The average Bonchev–Trinajstić information content (AvgIpc) is 3.01. The Labute approximate surface area is 201 Å². The first-order valence-corrected chi connectivity index (χ1v) is 15.9. The highest BCUT2D eigenvalue weighted by Gasteiger charge is 2.42. The summed E-state index contributed by atoms with van der Waals surface area (Å²) in [4.78, 5) is 23.6. The quantitative estimate of drug-likeness (QED) is 0.142. The summed E-state index contributed by atoms with van der Waals surface area (Å²) in [6.45, 7) is 9.78. The molecule has 0 aromatic rings. The molecule has 0 aromatic carbocycles. The third-order valence-corrected chi connectivity index (χ3v) is 6.91. The van der Waals surface area contributed by atoms with Crippen molar-refractivity contribution in [2.45, 2.75) is 110 Å². The first-order chi connectivity index (χ1) is 15.6. The molecule has 1 aliphatic rings. The Balaban J connectivity index is 2.70. The second-order valence-corrected chi connectivity index (χ2v) is 14.5. The van der Waals surface area contributed by atoms with Gasteiger partial charge in [-0.25, -0.2) is 4.79 Å². The minimum atomic E-state index is -1.86. The van der Waals surface area contributed by atoms with Gasteiger partial charge in [-0.05, 0) is 51.7 Å². The van der Waals surface area contributed by atoms with Gasteiger partial charge in [0.1, 0.15) is 12.2 Å². The summed E-state index contributed by atoms with van der Waals surface area (Å²) >= 11 is 0. The maximum Gasteiger partial charge on any atom is 0.333 e. The van der Waals surface area contributed by atoms with E-state index >= 15 is 0 Å². The van der Waals surface area contributed by atoms with Crippen molar-refractivity contribution in [3.8, 4) is 0 Å². The molecule has 0 amide bonds. The Morgan fingerprint density at radius 1 is 1.09 bits per heavy atom. The van der Waals surface area contributed by atoms with E-state index in [-0.39, 0.29) is 29.9 Å². The highest BCUT2D eigenvalue weighted by atomic mass is 28.4. The number of esters is 2. The van der Waals surface area contributed by atoms with E-state index in [1.54, 1.807) is 0 Å². The first kappa shape index (κ1) is 29.6. The Kier molecular flexibility index (Phi) is 13.9. The van der Waals surface area contributed by atoms with Crippen molar-refractivity contribution in [3.05, 3.63) is 24.3 Å². The topological polar surface area (TPSA) is 82.1 Å². The zero-order chi connectivity index (χ0) is 24.9. The Bertz CT molecular complexity index is 639. The molecule has 0 heterocycles. The van der Waals surface area contributed by atoms with E-state index in [0.29, 0.717) is 25.7 Å². The van der Waals surface area contributed by atoms with Gasteiger partial charge in [0.05, 0.1) is 13.2 Å². The van der Waals surface area contributed by atoms with Crippen LogP contribution in [0.2, 0.25) is 19.6 Å². The molecule has 1 fully saturated rings. The van der Waals surface area contributed by atoms with Crippen LogP contribution in [0.5, 0.6) is 0 Å². The maximum atomic E-state index is 12.0. The summed E-state index contributed by atoms with van der Waals surface area (Å²) in [6, 6.07) is 0. The van der Waals surface area contributed by atoms with Gasteiger partial charge in [-0.3, -0.25) is 4.79 Å². The maximum absolute atomic E-state index is 12.0. The molecule has 190 valence electrons. The Hall–Kier alpha value is -1.44. The number of aliphatic hydroxyl groups excluding tert-OH is 1. The second-order valence-electron chi connectivity index (χ2n) is 10.00. The fourth-order valence-electron chi connectivity index (χ4n) is 4.38. The zero-order valence-corrected chi connectivity index (χ0v) is 22.5. The molecule has 33 heavy (non-hydrogen) atoms. The fraction of sp³-hybridized carbons (Fsp3) is 0.769. The van der Waals surface area contributed by atoms with Crippen LogP contribution in [0.4, 0.5) is 0 Å². The molecule has 5 atom stereocenters. The summed E-state index contributed by atoms with van der Waals surface area (Å²) in [5.74, 6) is -0.622. The van der Waals surface area contributed by atoms with Crippen molar-refractivity contribution < 1.29 is 28.6 Å². The number of hydrogen-bond donors (Lipinski definition) is 1. The van der Waals surface area contributed by atoms with Crippen LogP contribution in [0.1, 0.15) is 71.6 Å². The number of rotatable bonds is 15. The number of unbranched alkanes of at least 4 members (excludes halogenated alkanes) is 4. The summed E-state index contributed by atoms with van der Waals surface area (Å²) in [5, 5.41) is 10.6. The fourth-order valence-corrected chi connectivity index (χ4v) is 5.44. The van der Waals surface area contributed by atoms with Crippen molar-refractivity contribution in [1.82, 2.24) is 0 Å². The van der Waals surface area contributed by atoms with Crippen LogP contribution in [-0.4, -0.2) is 50.8 Å². The van der Waals surface area contributed by atoms with Crippen molar-refractivity contribution in [2.24, 2.45) is 11.8 Å². The lowest BCUT2D eigenvalue weighted by molar-refractivity contribution is -0.149. The standard InChI is InChI=1S/C26H46O6Si/c1-7-8-9-10-11-13-16-21-22(25(19-23(21)28)31-20(2)27)17-14-12-15-18-24(26(29)30-3)32-33(4,5)6/h12-14,16,21-25,28H,7-11,15,17-19H2,1-6H3/b14-12-,16-13+/t21-,22-,23+,24?,25-/m1/s1. The van der Waals surface area contributed by atoms with E-state index < -0.39 is 20.5 Å². The van der Waals surface area contributed by atoms with Crippen molar-refractivity contribution >= 4 is 20.3 Å². The summed E-state index contributed by atoms with van der Waals surface area (Å²) < 4.78 is 16.4. The Morgan fingerprint density at radius 3 is 2.42 bits per heavy atom. The molecule has 1 unspecified atom stereocenters. The van der Waals surface area contributed by atoms with Crippen LogP contribution in [0.15, 0.2) is 24.3 Å². The van der Waals surface area contributed by atoms with Gasteiger partial charge in [-0.15, -0.1) is 0 Å². The highest BCUT2D eigenvalue weighted by Crippen LogP contribution is 2.38. The Morgan fingerprint density at radius 2 is 1.82 bits per heavy atom. The van der Waals surface area contributed by atoms with Gasteiger partial charge < -0.3 is 19.0 Å². The number of hydrogen-bond acceptors (Lipinski definition) is 6. The van der Waals surface area contributed by atoms with Gasteiger partial charge in [-0.2, -0.15) is 0 Å². The van der Waals surface area contributed by atoms with E-state index in [1.807, 2.05) is 6.08 Å². The molecule has 0 aliphatic heterocycles. The monoisotopic (exact) mass is 482 g/mol. The van der Waals surface area contributed by atoms with Crippen molar-refractivity contribution in [1.29, 1.82) is 0 Å². The van der Waals surface area contributed by atoms with E-state index in [1.165, 1.54) is 33.3 Å². The van der Waals surface area contributed by atoms with Crippen molar-refractivity contribution in [2.75, 3.05) is 7.11 Å². The van der Waals surface area contributed by atoms with Crippen LogP contribution in [0.3, 0.4) is 0 Å². The molecule has 0 radical (unpaired) electrons. The lowest BCUT2D eigenvalue weighted by Gasteiger charge is -2.24. The third kappa shape index (κ3) is 12.0. The zero-order valence-electron chi connectivity index (χ0n) is 21.5. The molecule has 1 rings (SSSR count). The molecule has 1 aliphatic carbocycles. The number of allylic oxidation sites excluding steroid dienone is 3. The normalized spacial score (nSPS) is 24.5. The van der Waals surface area contributed by atoms with E-state index in [2.05, 4.69) is 44.8 Å². The van der Waals surface area contributed by atoms with Gasteiger partial charge in [0.2, 0.25) is 0 Å². The van der Waals surface area contributed by atoms with E-state index in [9.17, 15) is 14.7 Å². The van der Waals surface area contributed by atoms with Crippen LogP contribution in [0, 0.1) is 11.8 Å². The summed E-state index contributed by atoms with van der Waals surface area (Å²) in [5.41, 5.74) is 0. The molecule has 0 aromatic heterocycles. The predicted molar refractivity (Wildman–Crippen MR) is 134 cm³/mol. The average molecular weight is 483 g/mol. The summed E-state index contributed by atoms with van der Waals surface area (Å²) in [7, 11) is -0.478.